The molecule has 1 saturated heterocycles. The van der Waals surface area contributed by atoms with Gasteiger partial charge >= 0.3 is 5.97 Å². The van der Waals surface area contributed by atoms with E-state index in [9.17, 15) is 9.59 Å². The molecule has 0 N–H and O–H groups in total. The first-order chi connectivity index (χ1) is 11.6. The molecule has 1 aliphatic rings. The van der Waals surface area contributed by atoms with Gasteiger partial charge in [0, 0.05) is 11.1 Å². The molecule has 1 fully saturated rings. The van der Waals surface area contributed by atoms with Crippen LogP contribution in [0.5, 0.6) is 0 Å². The molecule has 124 valence electrons. The Balaban J connectivity index is 2.03. The van der Waals surface area contributed by atoms with Crippen molar-refractivity contribution in [2.24, 2.45) is 5.92 Å². The van der Waals surface area contributed by atoms with Gasteiger partial charge in [0.15, 0.2) is 0 Å². The molecule has 2 aromatic rings. The second-order valence-corrected chi connectivity index (χ2v) is 6.11. The summed E-state index contributed by atoms with van der Waals surface area (Å²) < 4.78 is 5.60. The SMILES string of the molecule is CC[C@@H](C)[C@H]1C(=O)O[C@H](c2ccccc2)N1C(=O)c1ccccc1. The number of hydrogen-bond acceptors (Lipinski definition) is 3. The van der Waals surface area contributed by atoms with E-state index in [0.717, 1.165) is 12.0 Å². The summed E-state index contributed by atoms with van der Waals surface area (Å²) in [5, 5.41) is 0. The molecule has 1 heterocycles. The fraction of sp³-hybridized carbons (Fsp3) is 0.300. The van der Waals surface area contributed by atoms with Crippen molar-refractivity contribution >= 4 is 11.9 Å². The van der Waals surface area contributed by atoms with Crippen LogP contribution in [0, 0.1) is 5.92 Å². The van der Waals surface area contributed by atoms with E-state index in [1.807, 2.05) is 62.4 Å². The van der Waals surface area contributed by atoms with Crippen LogP contribution in [0.15, 0.2) is 60.7 Å². The van der Waals surface area contributed by atoms with Crippen molar-refractivity contribution in [1.82, 2.24) is 4.90 Å². The second kappa shape index (κ2) is 6.87. The Bertz CT molecular complexity index is 714. The summed E-state index contributed by atoms with van der Waals surface area (Å²) in [6.07, 6.45) is 0.116. The number of esters is 1. The third kappa shape index (κ3) is 2.92. The van der Waals surface area contributed by atoms with E-state index in [1.54, 1.807) is 17.0 Å². The molecule has 4 heteroatoms. The van der Waals surface area contributed by atoms with Crippen LogP contribution in [0.2, 0.25) is 0 Å². The van der Waals surface area contributed by atoms with E-state index in [2.05, 4.69) is 0 Å². The average Bonchev–Trinajstić information content (AvgIpc) is 2.99. The van der Waals surface area contributed by atoms with Crippen LogP contribution in [0.1, 0.15) is 42.4 Å². The van der Waals surface area contributed by atoms with E-state index < -0.39 is 12.3 Å². The lowest BCUT2D eigenvalue weighted by molar-refractivity contribution is -0.143. The van der Waals surface area contributed by atoms with E-state index in [4.69, 9.17) is 4.74 Å². The summed E-state index contributed by atoms with van der Waals surface area (Å²) >= 11 is 0. The zero-order valence-corrected chi connectivity index (χ0v) is 13.9. The first-order valence-corrected chi connectivity index (χ1v) is 8.26. The lowest BCUT2D eigenvalue weighted by atomic mass is 9.97. The Kier molecular flexibility index (Phi) is 4.65. The summed E-state index contributed by atoms with van der Waals surface area (Å²) in [5.41, 5.74) is 1.37. The number of nitrogens with zero attached hydrogens (tertiary/aromatic N) is 1. The van der Waals surface area contributed by atoms with Gasteiger partial charge in [-0.25, -0.2) is 4.79 Å². The lowest BCUT2D eigenvalue weighted by Gasteiger charge is -2.29. The highest BCUT2D eigenvalue weighted by molar-refractivity contribution is 5.98. The molecular weight excluding hydrogens is 302 g/mol. The molecule has 0 aliphatic carbocycles. The van der Waals surface area contributed by atoms with Crippen molar-refractivity contribution in [3.63, 3.8) is 0 Å². The highest BCUT2D eigenvalue weighted by Crippen LogP contribution is 2.36. The molecule has 0 unspecified atom stereocenters. The van der Waals surface area contributed by atoms with E-state index in [0.29, 0.717) is 5.56 Å². The Morgan fingerprint density at radius 1 is 1.08 bits per heavy atom. The summed E-state index contributed by atoms with van der Waals surface area (Å²) in [7, 11) is 0. The number of carbonyl (C=O) groups is 2. The minimum Gasteiger partial charge on any atom is -0.435 e. The summed E-state index contributed by atoms with van der Waals surface area (Å²) in [6.45, 7) is 3.99. The Labute approximate surface area is 142 Å². The predicted octanol–water partition coefficient (Wildman–Crippen LogP) is 3.80. The van der Waals surface area contributed by atoms with Crippen molar-refractivity contribution < 1.29 is 14.3 Å². The van der Waals surface area contributed by atoms with Crippen molar-refractivity contribution in [1.29, 1.82) is 0 Å². The van der Waals surface area contributed by atoms with Crippen LogP contribution in [-0.2, 0) is 9.53 Å². The van der Waals surface area contributed by atoms with Gasteiger partial charge < -0.3 is 4.74 Å². The van der Waals surface area contributed by atoms with Gasteiger partial charge in [-0.1, -0.05) is 68.8 Å². The van der Waals surface area contributed by atoms with Crippen molar-refractivity contribution in [3.05, 3.63) is 71.8 Å². The maximum absolute atomic E-state index is 13.1. The van der Waals surface area contributed by atoms with Crippen LogP contribution in [-0.4, -0.2) is 22.8 Å². The minimum atomic E-state index is -0.676. The quantitative estimate of drug-likeness (QED) is 0.804. The Morgan fingerprint density at radius 3 is 2.25 bits per heavy atom. The van der Waals surface area contributed by atoms with Gasteiger partial charge in [0.1, 0.15) is 6.04 Å². The van der Waals surface area contributed by atoms with Crippen LogP contribution in [0.4, 0.5) is 0 Å². The number of cyclic esters (lactones) is 1. The normalized spacial score (nSPS) is 21.4. The van der Waals surface area contributed by atoms with Gasteiger partial charge in [-0.3, -0.25) is 9.69 Å². The molecule has 24 heavy (non-hydrogen) atoms. The molecular formula is C20H21NO3. The molecule has 0 radical (unpaired) electrons. The number of benzene rings is 2. The number of hydrogen-bond donors (Lipinski definition) is 0. The van der Waals surface area contributed by atoms with Gasteiger partial charge in [-0.05, 0) is 18.1 Å². The van der Waals surface area contributed by atoms with Crippen LogP contribution in [0.25, 0.3) is 0 Å². The first kappa shape index (κ1) is 16.2. The summed E-state index contributed by atoms with van der Waals surface area (Å²) in [5.74, 6) is -0.484. The third-order valence-corrected chi connectivity index (χ3v) is 4.54. The van der Waals surface area contributed by atoms with Crippen molar-refractivity contribution in [2.45, 2.75) is 32.5 Å². The van der Waals surface area contributed by atoms with Gasteiger partial charge in [0.25, 0.3) is 5.91 Å². The van der Waals surface area contributed by atoms with E-state index in [1.165, 1.54) is 0 Å². The van der Waals surface area contributed by atoms with Crippen LogP contribution < -0.4 is 0 Å². The van der Waals surface area contributed by atoms with Gasteiger partial charge in [0.2, 0.25) is 6.23 Å². The predicted molar refractivity (Wildman–Crippen MR) is 91.1 cm³/mol. The molecule has 1 aliphatic heterocycles. The summed E-state index contributed by atoms with van der Waals surface area (Å²) in [4.78, 5) is 27.2. The Hall–Kier alpha value is -2.62. The molecule has 4 nitrogen and oxygen atoms in total. The molecule has 2 aromatic carbocycles. The van der Waals surface area contributed by atoms with E-state index >= 15 is 0 Å². The van der Waals surface area contributed by atoms with E-state index in [-0.39, 0.29) is 17.8 Å². The maximum atomic E-state index is 13.1. The van der Waals surface area contributed by atoms with Gasteiger partial charge in [-0.2, -0.15) is 0 Å². The second-order valence-electron chi connectivity index (χ2n) is 6.11. The minimum absolute atomic E-state index is 0.0267. The molecule has 0 saturated carbocycles. The smallest absolute Gasteiger partial charge is 0.331 e. The highest BCUT2D eigenvalue weighted by Gasteiger charge is 2.47. The molecule has 0 aromatic heterocycles. The van der Waals surface area contributed by atoms with Crippen molar-refractivity contribution in [2.75, 3.05) is 0 Å². The zero-order chi connectivity index (χ0) is 17.1. The molecule has 0 spiro atoms. The maximum Gasteiger partial charge on any atom is 0.331 e. The van der Waals surface area contributed by atoms with Gasteiger partial charge in [-0.15, -0.1) is 0 Å². The van der Waals surface area contributed by atoms with Gasteiger partial charge in [0.05, 0.1) is 0 Å². The van der Waals surface area contributed by atoms with Crippen LogP contribution in [0.3, 0.4) is 0 Å². The first-order valence-electron chi connectivity index (χ1n) is 8.26. The molecule has 3 rings (SSSR count). The largest absolute Gasteiger partial charge is 0.435 e. The molecule has 1 amide bonds. The number of rotatable bonds is 4. The Morgan fingerprint density at radius 2 is 1.67 bits per heavy atom. The number of carbonyl (C=O) groups excluding carboxylic acids is 2. The monoisotopic (exact) mass is 323 g/mol. The standard InChI is InChI=1S/C20H21NO3/c1-3-14(2)17-20(23)24-19(16-12-8-5-9-13-16)21(17)18(22)15-10-6-4-7-11-15/h4-14,17,19H,3H2,1-2H3/t14-,17+,19-/m1/s1. The van der Waals surface area contributed by atoms with Crippen LogP contribution >= 0.6 is 0 Å². The summed E-state index contributed by atoms with van der Waals surface area (Å²) in [6, 6.07) is 17.9. The lowest BCUT2D eigenvalue weighted by Crippen LogP contribution is -2.43. The number of amides is 1. The fourth-order valence-corrected chi connectivity index (χ4v) is 3.03. The topological polar surface area (TPSA) is 46.6 Å². The molecule has 3 atom stereocenters. The highest BCUT2D eigenvalue weighted by atomic mass is 16.6. The zero-order valence-electron chi connectivity index (χ0n) is 13.9. The average molecular weight is 323 g/mol. The number of ether oxygens (including phenoxy) is 1. The molecule has 0 bridgehead atoms. The fourth-order valence-electron chi connectivity index (χ4n) is 3.03. The third-order valence-electron chi connectivity index (χ3n) is 4.54. The van der Waals surface area contributed by atoms with Crippen molar-refractivity contribution in [3.8, 4) is 0 Å².